The van der Waals surface area contributed by atoms with Crippen LogP contribution in [0, 0.1) is 0 Å². The van der Waals surface area contributed by atoms with Crippen LogP contribution in [0.4, 0.5) is 0 Å². The van der Waals surface area contributed by atoms with Crippen LogP contribution in [0.25, 0.3) is 0 Å². The van der Waals surface area contributed by atoms with E-state index in [1.807, 2.05) is 0 Å². The molecule has 1 aliphatic carbocycles. The third kappa shape index (κ3) is 3.66. The lowest BCUT2D eigenvalue weighted by atomic mass is 10.1. The Balaban J connectivity index is 2.13. The quantitative estimate of drug-likeness (QED) is 0.659. The number of amides is 1. The van der Waals surface area contributed by atoms with Crippen molar-refractivity contribution in [3.8, 4) is 0 Å². The van der Waals surface area contributed by atoms with Gasteiger partial charge in [0.05, 0.1) is 0 Å². The average Bonchev–Trinajstić information content (AvgIpc) is 2.52. The Morgan fingerprint density at radius 2 is 2.21 bits per heavy atom. The average molecular weight is 198 g/mol. The Kier molecular flexibility index (Phi) is 4.94. The second-order valence-electron chi connectivity index (χ2n) is 4.23. The van der Waals surface area contributed by atoms with Gasteiger partial charge < -0.3 is 11.1 Å². The fourth-order valence-electron chi connectivity index (χ4n) is 1.98. The minimum atomic E-state index is 0.181. The predicted molar refractivity (Wildman–Crippen MR) is 57.9 cm³/mol. The number of hydrogen-bond acceptors (Lipinski definition) is 2. The summed E-state index contributed by atoms with van der Waals surface area (Å²) < 4.78 is 0. The van der Waals surface area contributed by atoms with Gasteiger partial charge in [-0.2, -0.15) is 0 Å². The van der Waals surface area contributed by atoms with Crippen molar-refractivity contribution in [3.63, 3.8) is 0 Å². The molecule has 1 fully saturated rings. The molecule has 0 aromatic heterocycles. The lowest BCUT2D eigenvalue weighted by Crippen LogP contribution is -2.43. The summed E-state index contributed by atoms with van der Waals surface area (Å²) >= 11 is 0. The molecule has 82 valence electrons. The highest BCUT2D eigenvalue weighted by Gasteiger charge is 2.24. The minimum Gasteiger partial charge on any atom is -0.352 e. The Labute approximate surface area is 86.4 Å². The number of nitrogens with one attached hydrogen (secondary N) is 1. The molecule has 0 aromatic rings. The molecule has 3 nitrogen and oxygen atoms in total. The molecule has 0 saturated heterocycles. The molecule has 14 heavy (non-hydrogen) atoms. The summed E-state index contributed by atoms with van der Waals surface area (Å²) in [5, 5.41) is 3.02. The third-order valence-electron chi connectivity index (χ3n) is 2.92. The smallest absolute Gasteiger partial charge is 0.220 e. The van der Waals surface area contributed by atoms with Crippen molar-refractivity contribution in [1.29, 1.82) is 0 Å². The molecular formula is C11H22N2O. The van der Waals surface area contributed by atoms with Crippen LogP contribution in [0.15, 0.2) is 0 Å². The van der Waals surface area contributed by atoms with Gasteiger partial charge in [0.2, 0.25) is 5.91 Å². The van der Waals surface area contributed by atoms with Gasteiger partial charge in [0.15, 0.2) is 0 Å². The van der Waals surface area contributed by atoms with Crippen LogP contribution in [0.3, 0.4) is 0 Å². The standard InChI is InChI=1S/C11H22N2O/c1-2-3-4-8-11(14)13-10-7-5-6-9(10)12/h9-10H,2-8,12H2,1H3,(H,13,14). The first-order valence-electron chi connectivity index (χ1n) is 5.79. The Hall–Kier alpha value is -0.570. The molecule has 0 aromatic carbocycles. The van der Waals surface area contributed by atoms with Crippen molar-refractivity contribution >= 4 is 5.91 Å². The third-order valence-corrected chi connectivity index (χ3v) is 2.92. The number of carbonyl (C=O) groups excluding carboxylic acids is 1. The van der Waals surface area contributed by atoms with Crippen LogP contribution in [-0.2, 0) is 4.79 Å². The molecule has 1 rings (SSSR count). The molecule has 2 unspecified atom stereocenters. The summed E-state index contributed by atoms with van der Waals surface area (Å²) in [5.41, 5.74) is 5.87. The maximum atomic E-state index is 11.5. The maximum absolute atomic E-state index is 11.5. The van der Waals surface area contributed by atoms with Crippen LogP contribution < -0.4 is 11.1 Å². The molecular weight excluding hydrogens is 176 g/mol. The molecule has 1 aliphatic rings. The summed E-state index contributed by atoms with van der Waals surface area (Å²) in [7, 11) is 0. The van der Waals surface area contributed by atoms with Crippen LogP contribution in [0.2, 0.25) is 0 Å². The van der Waals surface area contributed by atoms with E-state index in [1.165, 1.54) is 0 Å². The molecule has 1 saturated carbocycles. The van der Waals surface area contributed by atoms with E-state index in [2.05, 4.69) is 12.2 Å². The van der Waals surface area contributed by atoms with E-state index in [-0.39, 0.29) is 18.0 Å². The van der Waals surface area contributed by atoms with Crippen LogP contribution in [0.1, 0.15) is 51.9 Å². The van der Waals surface area contributed by atoms with E-state index in [9.17, 15) is 4.79 Å². The Bertz CT molecular complexity index is 182. The number of nitrogens with two attached hydrogens (primary N) is 1. The lowest BCUT2D eigenvalue weighted by molar-refractivity contribution is -0.121. The van der Waals surface area contributed by atoms with Crippen LogP contribution >= 0.6 is 0 Å². The largest absolute Gasteiger partial charge is 0.352 e. The molecule has 0 radical (unpaired) electrons. The van der Waals surface area contributed by atoms with Crippen molar-refractivity contribution in [2.45, 2.75) is 64.0 Å². The molecule has 0 bridgehead atoms. The zero-order chi connectivity index (χ0) is 10.4. The molecule has 1 amide bonds. The fourth-order valence-corrected chi connectivity index (χ4v) is 1.98. The van der Waals surface area contributed by atoms with Gasteiger partial charge in [-0.3, -0.25) is 4.79 Å². The van der Waals surface area contributed by atoms with Gasteiger partial charge in [-0.1, -0.05) is 19.8 Å². The monoisotopic (exact) mass is 198 g/mol. The lowest BCUT2D eigenvalue weighted by Gasteiger charge is -2.16. The van der Waals surface area contributed by atoms with Gasteiger partial charge in [-0.15, -0.1) is 0 Å². The van der Waals surface area contributed by atoms with E-state index < -0.39 is 0 Å². The zero-order valence-electron chi connectivity index (χ0n) is 9.09. The van der Waals surface area contributed by atoms with Crippen molar-refractivity contribution in [2.75, 3.05) is 0 Å². The van der Waals surface area contributed by atoms with E-state index in [0.29, 0.717) is 6.42 Å². The van der Waals surface area contributed by atoms with E-state index in [0.717, 1.165) is 38.5 Å². The highest BCUT2D eigenvalue weighted by molar-refractivity contribution is 5.76. The van der Waals surface area contributed by atoms with Gasteiger partial charge in [-0.25, -0.2) is 0 Å². The first kappa shape index (κ1) is 11.5. The number of rotatable bonds is 5. The van der Waals surface area contributed by atoms with Gasteiger partial charge in [0.1, 0.15) is 0 Å². The van der Waals surface area contributed by atoms with Crippen molar-refractivity contribution in [1.82, 2.24) is 5.32 Å². The summed E-state index contributed by atoms with van der Waals surface area (Å²) in [6, 6.07) is 0.425. The molecule has 0 aliphatic heterocycles. The highest BCUT2D eigenvalue weighted by atomic mass is 16.1. The minimum absolute atomic E-state index is 0.181. The SMILES string of the molecule is CCCCCC(=O)NC1CCCC1N. The predicted octanol–water partition coefficient (Wildman–Crippen LogP) is 1.56. The van der Waals surface area contributed by atoms with E-state index >= 15 is 0 Å². The van der Waals surface area contributed by atoms with Crippen molar-refractivity contribution in [2.24, 2.45) is 5.73 Å². The molecule has 0 heterocycles. The summed E-state index contributed by atoms with van der Waals surface area (Å²) in [5.74, 6) is 0.181. The summed E-state index contributed by atoms with van der Waals surface area (Å²) in [4.78, 5) is 11.5. The molecule has 2 atom stereocenters. The topological polar surface area (TPSA) is 55.1 Å². The number of hydrogen-bond donors (Lipinski definition) is 2. The Morgan fingerprint density at radius 1 is 1.43 bits per heavy atom. The Morgan fingerprint density at radius 3 is 2.79 bits per heavy atom. The summed E-state index contributed by atoms with van der Waals surface area (Å²) in [6.45, 7) is 2.14. The highest BCUT2D eigenvalue weighted by Crippen LogP contribution is 2.17. The van der Waals surface area contributed by atoms with Gasteiger partial charge in [0.25, 0.3) is 0 Å². The van der Waals surface area contributed by atoms with Gasteiger partial charge in [-0.05, 0) is 25.7 Å². The fraction of sp³-hybridized carbons (Fsp3) is 0.909. The number of carbonyl (C=O) groups is 1. The molecule has 0 spiro atoms. The van der Waals surface area contributed by atoms with Crippen molar-refractivity contribution in [3.05, 3.63) is 0 Å². The van der Waals surface area contributed by atoms with Crippen molar-refractivity contribution < 1.29 is 4.79 Å². The second kappa shape index (κ2) is 6.02. The normalized spacial score (nSPS) is 26.4. The second-order valence-corrected chi connectivity index (χ2v) is 4.23. The van der Waals surface area contributed by atoms with Crippen LogP contribution in [0.5, 0.6) is 0 Å². The van der Waals surface area contributed by atoms with E-state index in [4.69, 9.17) is 5.73 Å². The maximum Gasteiger partial charge on any atom is 0.220 e. The zero-order valence-corrected chi connectivity index (χ0v) is 9.09. The summed E-state index contributed by atoms with van der Waals surface area (Å²) in [6.07, 6.45) is 7.24. The number of unbranched alkanes of at least 4 members (excludes halogenated alkanes) is 2. The van der Waals surface area contributed by atoms with E-state index in [1.54, 1.807) is 0 Å². The van der Waals surface area contributed by atoms with Gasteiger partial charge >= 0.3 is 0 Å². The molecule has 3 N–H and O–H groups in total. The van der Waals surface area contributed by atoms with Gasteiger partial charge in [0, 0.05) is 18.5 Å². The first-order chi connectivity index (χ1) is 6.74. The van der Waals surface area contributed by atoms with Crippen LogP contribution in [-0.4, -0.2) is 18.0 Å². The molecule has 3 heteroatoms. The first-order valence-corrected chi connectivity index (χ1v) is 5.79.